The van der Waals surface area contributed by atoms with E-state index in [1.165, 1.54) is 4.68 Å². The van der Waals surface area contributed by atoms with Gasteiger partial charge in [-0.15, -0.1) is 0 Å². The van der Waals surface area contributed by atoms with Crippen LogP contribution in [0.15, 0.2) is 111 Å². The first-order chi connectivity index (χ1) is 19.2. The highest BCUT2D eigenvalue weighted by Crippen LogP contribution is 2.33. The molecule has 6 aromatic rings. The molecule has 0 aliphatic carbocycles. The molecule has 7 rings (SSSR count). The van der Waals surface area contributed by atoms with Crippen LogP contribution in [-0.4, -0.2) is 22.7 Å². The van der Waals surface area contributed by atoms with Crippen LogP contribution in [0.25, 0.3) is 33.5 Å². The first kappa shape index (κ1) is 22.8. The normalized spacial score (nSPS) is 12.5. The number of furan rings is 1. The van der Waals surface area contributed by atoms with Crippen LogP contribution in [0.5, 0.6) is 17.2 Å². The van der Waals surface area contributed by atoms with Crippen LogP contribution in [0.1, 0.15) is 11.1 Å². The monoisotopic (exact) mass is 515 g/mol. The molecule has 0 atom stereocenters. The predicted octanol–water partition coefficient (Wildman–Crippen LogP) is 6.00. The molecule has 39 heavy (non-hydrogen) atoms. The molecule has 0 unspecified atom stereocenters. The molecule has 0 spiro atoms. The number of ether oxygens (including phenoxy) is 3. The van der Waals surface area contributed by atoms with E-state index < -0.39 is 0 Å². The van der Waals surface area contributed by atoms with Crippen molar-refractivity contribution in [2.75, 3.05) is 6.79 Å². The smallest absolute Gasteiger partial charge is 0.282 e. The second kappa shape index (κ2) is 9.50. The quantitative estimate of drug-likeness (QED) is 0.253. The van der Waals surface area contributed by atoms with Crippen molar-refractivity contribution in [2.45, 2.75) is 6.61 Å². The van der Waals surface area contributed by atoms with E-state index in [0.717, 1.165) is 28.0 Å². The van der Waals surface area contributed by atoms with Crippen LogP contribution in [0.4, 0.5) is 0 Å². The average molecular weight is 516 g/mol. The second-order valence-corrected chi connectivity index (χ2v) is 9.01. The van der Waals surface area contributed by atoms with Crippen LogP contribution >= 0.6 is 0 Å². The third-order valence-corrected chi connectivity index (χ3v) is 6.44. The van der Waals surface area contributed by atoms with Crippen molar-refractivity contribution in [3.63, 3.8) is 0 Å². The fourth-order valence-corrected chi connectivity index (χ4v) is 4.45. The van der Waals surface area contributed by atoms with Crippen LogP contribution in [-0.2, 0) is 6.61 Å². The number of hydrogen-bond acceptors (Lipinski definition) is 7. The van der Waals surface area contributed by atoms with Crippen LogP contribution in [0.2, 0.25) is 0 Å². The molecule has 4 aromatic carbocycles. The predicted molar refractivity (Wildman–Crippen MR) is 148 cm³/mol. The minimum absolute atomic E-state index is 0.240. The molecule has 1 aliphatic rings. The Balaban J connectivity index is 1.17. The van der Waals surface area contributed by atoms with Gasteiger partial charge in [0.25, 0.3) is 5.56 Å². The molecule has 8 heteroatoms. The van der Waals surface area contributed by atoms with E-state index in [-0.39, 0.29) is 12.4 Å². The van der Waals surface area contributed by atoms with Crippen LogP contribution in [0, 0.1) is 0 Å². The third-order valence-electron chi connectivity index (χ3n) is 6.44. The fraction of sp³-hybridized carbons (Fsp3) is 0.0645. The van der Waals surface area contributed by atoms with E-state index in [4.69, 9.17) is 23.6 Å². The minimum Gasteiger partial charge on any atom is -0.489 e. The zero-order valence-electron chi connectivity index (χ0n) is 20.6. The number of hydrogen-bond donors (Lipinski definition) is 0. The van der Waals surface area contributed by atoms with Crippen molar-refractivity contribution in [2.24, 2.45) is 5.10 Å². The molecule has 0 radical (unpaired) electrons. The lowest BCUT2D eigenvalue weighted by Gasteiger charge is -2.08. The Morgan fingerprint density at radius 2 is 1.72 bits per heavy atom. The molecule has 0 N–H and O–H groups in total. The first-order valence-corrected chi connectivity index (χ1v) is 12.4. The highest BCUT2D eigenvalue weighted by molar-refractivity contribution is 5.84. The Morgan fingerprint density at radius 1 is 0.897 bits per heavy atom. The first-order valence-electron chi connectivity index (χ1n) is 12.4. The lowest BCUT2D eigenvalue weighted by Crippen LogP contribution is -2.20. The topological polar surface area (TPSA) is 88.1 Å². The van der Waals surface area contributed by atoms with Gasteiger partial charge in [-0.1, -0.05) is 36.4 Å². The van der Waals surface area contributed by atoms with Gasteiger partial charge in [-0.3, -0.25) is 4.79 Å². The van der Waals surface area contributed by atoms with E-state index in [2.05, 4.69) is 5.10 Å². The highest BCUT2D eigenvalue weighted by Gasteiger charge is 2.16. The molecule has 0 saturated carbocycles. The van der Waals surface area contributed by atoms with Crippen molar-refractivity contribution in [3.05, 3.63) is 119 Å². The van der Waals surface area contributed by atoms with Crippen LogP contribution in [0.3, 0.4) is 0 Å². The standard InChI is InChI=1S/C31H21N3O5/c35-31-24-6-2-3-7-25(24)33-30(29-16-22-5-1-4-8-26(22)39-29)34(31)32-17-20-9-12-23(13-10-20)36-18-21-11-14-27-28(15-21)38-19-37-27/h1-17H,18-19H2. The van der Waals surface area contributed by atoms with Crippen molar-refractivity contribution >= 4 is 28.1 Å². The lowest BCUT2D eigenvalue weighted by molar-refractivity contribution is 0.174. The van der Waals surface area contributed by atoms with Gasteiger partial charge < -0.3 is 18.6 Å². The van der Waals surface area contributed by atoms with Gasteiger partial charge in [0.15, 0.2) is 17.3 Å². The van der Waals surface area contributed by atoms with Crippen molar-refractivity contribution < 1.29 is 18.6 Å². The van der Waals surface area contributed by atoms with Crippen LogP contribution < -0.4 is 19.8 Å². The maximum absolute atomic E-state index is 13.4. The third kappa shape index (κ3) is 4.38. The molecular weight excluding hydrogens is 494 g/mol. The number of nitrogens with zero attached hydrogens (tertiary/aromatic N) is 3. The SMILES string of the molecule is O=c1c2ccccc2nc(-c2cc3ccccc3o2)n1N=Cc1ccc(OCc2ccc3c(c2)OCO3)cc1. The number of para-hydroxylation sites is 2. The molecule has 3 heterocycles. The maximum atomic E-state index is 13.4. The maximum Gasteiger partial charge on any atom is 0.282 e. The summed E-state index contributed by atoms with van der Waals surface area (Å²) < 4.78 is 24.0. The van der Waals surface area contributed by atoms with Crippen molar-refractivity contribution in [1.82, 2.24) is 9.66 Å². The molecule has 0 amide bonds. The summed E-state index contributed by atoms with van der Waals surface area (Å²) in [5.41, 5.74) is 2.78. The largest absolute Gasteiger partial charge is 0.489 e. The number of rotatable bonds is 6. The molecule has 0 fully saturated rings. The Labute approximate surface area is 222 Å². The van der Waals surface area contributed by atoms with Gasteiger partial charge in [0.1, 0.15) is 17.9 Å². The van der Waals surface area contributed by atoms with E-state index in [0.29, 0.717) is 40.4 Å². The summed E-state index contributed by atoms with van der Waals surface area (Å²) in [4.78, 5) is 18.2. The van der Waals surface area contributed by atoms with Gasteiger partial charge in [-0.05, 0) is 71.8 Å². The molecule has 190 valence electrons. The summed E-state index contributed by atoms with van der Waals surface area (Å²) in [7, 11) is 0. The summed E-state index contributed by atoms with van der Waals surface area (Å²) >= 11 is 0. The lowest BCUT2D eigenvalue weighted by atomic mass is 10.2. The summed E-state index contributed by atoms with van der Waals surface area (Å²) in [6, 6.07) is 29.9. The Morgan fingerprint density at radius 3 is 2.62 bits per heavy atom. The highest BCUT2D eigenvalue weighted by atomic mass is 16.7. The van der Waals surface area contributed by atoms with Gasteiger partial charge in [-0.2, -0.15) is 9.78 Å². The molecular formula is C31H21N3O5. The Kier molecular flexibility index (Phi) is 5.55. The van der Waals surface area contributed by atoms with E-state index in [1.54, 1.807) is 18.3 Å². The van der Waals surface area contributed by atoms with Crippen molar-refractivity contribution in [3.8, 4) is 28.8 Å². The van der Waals surface area contributed by atoms with Gasteiger partial charge in [0, 0.05) is 5.39 Å². The molecule has 1 aliphatic heterocycles. The summed E-state index contributed by atoms with van der Waals surface area (Å²) in [6.45, 7) is 0.632. The van der Waals surface area contributed by atoms with Gasteiger partial charge in [0.2, 0.25) is 12.6 Å². The summed E-state index contributed by atoms with van der Waals surface area (Å²) in [5.74, 6) is 2.96. The molecule has 0 saturated heterocycles. The molecule has 2 aromatic heterocycles. The number of fused-ring (bicyclic) bond motifs is 3. The summed E-state index contributed by atoms with van der Waals surface area (Å²) in [5, 5.41) is 5.91. The molecule has 0 bridgehead atoms. The summed E-state index contributed by atoms with van der Waals surface area (Å²) in [6.07, 6.45) is 1.62. The van der Waals surface area contributed by atoms with E-state index in [9.17, 15) is 4.79 Å². The fourth-order valence-electron chi connectivity index (χ4n) is 4.45. The van der Waals surface area contributed by atoms with Gasteiger partial charge in [-0.25, -0.2) is 4.98 Å². The van der Waals surface area contributed by atoms with Gasteiger partial charge in [0.05, 0.1) is 17.1 Å². The zero-order valence-corrected chi connectivity index (χ0v) is 20.6. The zero-order chi connectivity index (χ0) is 26.2. The van der Waals surface area contributed by atoms with E-state index >= 15 is 0 Å². The Hall–Kier alpha value is -5.37. The van der Waals surface area contributed by atoms with E-state index in [1.807, 2.05) is 84.9 Å². The number of aromatic nitrogens is 2. The van der Waals surface area contributed by atoms with Gasteiger partial charge >= 0.3 is 0 Å². The molecule has 8 nitrogen and oxygen atoms in total. The Bertz CT molecular complexity index is 1890. The number of benzene rings is 4. The average Bonchev–Trinajstić information content (AvgIpc) is 3.63. The van der Waals surface area contributed by atoms with Crippen molar-refractivity contribution in [1.29, 1.82) is 0 Å². The second-order valence-electron chi connectivity index (χ2n) is 9.01. The minimum atomic E-state index is -0.281.